The van der Waals surface area contributed by atoms with Gasteiger partial charge in [-0.15, -0.1) is 0 Å². The molecule has 1 aliphatic heterocycles. The highest BCUT2D eigenvalue weighted by Gasteiger charge is 2.31. The SMILES string of the molecule is O=S(=O)(c1ccc(Nc2nccc(Nc3ccc(F)cc3)n2)cc1)N1CCCC(CN(Cc2cn[nH]c2)Cc2cn[nH]c2)C1. The Morgan fingerprint density at radius 1 is 0.909 bits per heavy atom. The number of halogens is 1. The number of anilines is 4. The standard InChI is InChI=1S/C30H33FN10O2S/c31-25-3-5-26(6-4-25)37-29-11-12-32-30(39-29)38-27-7-9-28(10-8-27)44(42,43)41-13-1-2-22(21-41)18-40(19-23-14-33-34-15-23)20-24-16-35-36-17-24/h3-12,14-17,22H,1-2,13,18-21H2,(H,33,34)(H,35,36)(H2,32,37,38,39). The van der Waals surface area contributed by atoms with Crippen molar-refractivity contribution in [2.45, 2.75) is 30.8 Å². The maximum Gasteiger partial charge on any atom is 0.243 e. The summed E-state index contributed by atoms with van der Waals surface area (Å²) in [4.78, 5) is 11.2. The fraction of sp³-hybridized carbons (Fsp3) is 0.267. The zero-order chi connectivity index (χ0) is 30.4. The molecule has 2 aromatic carbocycles. The van der Waals surface area contributed by atoms with Crippen LogP contribution in [0.25, 0.3) is 0 Å². The Kier molecular flexibility index (Phi) is 8.91. The van der Waals surface area contributed by atoms with Crippen molar-refractivity contribution >= 4 is 33.2 Å². The summed E-state index contributed by atoms with van der Waals surface area (Å²) in [6, 6.07) is 14.3. The molecule has 228 valence electrons. The molecule has 0 radical (unpaired) electrons. The first-order chi connectivity index (χ1) is 21.4. The van der Waals surface area contributed by atoms with Crippen LogP contribution in [0, 0.1) is 11.7 Å². The summed E-state index contributed by atoms with van der Waals surface area (Å²) in [7, 11) is -3.68. The highest BCUT2D eigenvalue weighted by atomic mass is 32.2. The minimum Gasteiger partial charge on any atom is -0.340 e. The second-order valence-electron chi connectivity index (χ2n) is 10.8. The molecule has 6 rings (SSSR count). The lowest BCUT2D eigenvalue weighted by atomic mass is 9.98. The number of rotatable bonds is 12. The minimum atomic E-state index is -3.68. The first kappa shape index (κ1) is 29.4. The van der Waals surface area contributed by atoms with Crippen LogP contribution in [0.4, 0.5) is 27.5 Å². The molecule has 0 saturated carbocycles. The summed E-state index contributed by atoms with van der Waals surface area (Å²) in [5.41, 5.74) is 3.48. The van der Waals surface area contributed by atoms with Crippen LogP contribution in [-0.4, -0.2) is 67.6 Å². The molecule has 1 aliphatic rings. The van der Waals surface area contributed by atoms with Gasteiger partial charge in [0, 0.05) is 73.8 Å². The van der Waals surface area contributed by atoms with Gasteiger partial charge in [-0.2, -0.15) is 19.5 Å². The van der Waals surface area contributed by atoms with Gasteiger partial charge in [0.25, 0.3) is 0 Å². The number of aromatic nitrogens is 6. The van der Waals surface area contributed by atoms with Crippen molar-refractivity contribution in [2.75, 3.05) is 30.3 Å². The lowest BCUT2D eigenvalue weighted by Crippen LogP contribution is -2.43. The summed E-state index contributed by atoms with van der Waals surface area (Å²) in [5.74, 6) is 0.731. The van der Waals surface area contributed by atoms with E-state index in [9.17, 15) is 12.8 Å². The topological polar surface area (TPSA) is 148 Å². The van der Waals surface area contributed by atoms with Gasteiger partial charge in [-0.05, 0) is 73.4 Å². The fourth-order valence-corrected chi connectivity index (χ4v) is 6.90. The number of piperidine rings is 1. The minimum absolute atomic E-state index is 0.186. The number of aromatic amines is 2. The van der Waals surface area contributed by atoms with Crippen LogP contribution in [-0.2, 0) is 23.1 Å². The Balaban J connectivity index is 1.09. The van der Waals surface area contributed by atoms with Gasteiger partial charge in [0.15, 0.2) is 0 Å². The molecule has 3 aromatic heterocycles. The van der Waals surface area contributed by atoms with E-state index in [1.807, 2.05) is 24.8 Å². The molecular weight excluding hydrogens is 583 g/mol. The van der Waals surface area contributed by atoms with Crippen LogP contribution in [0.15, 0.2) is 90.5 Å². The lowest BCUT2D eigenvalue weighted by molar-refractivity contribution is 0.167. The van der Waals surface area contributed by atoms with E-state index in [0.717, 1.165) is 30.5 Å². The molecule has 14 heteroatoms. The Bertz CT molecular complexity index is 1700. The number of sulfonamides is 1. The molecule has 4 heterocycles. The number of benzene rings is 2. The molecule has 44 heavy (non-hydrogen) atoms. The summed E-state index contributed by atoms with van der Waals surface area (Å²) in [6.45, 7) is 3.10. The summed E-state index contributed by atoms with van der Waals surface area (Å²) in [5, 5.41) is 20.1. The third kappa shape index (κ3) is 7.45. The van der Waals surface area contributed by atoms with E-state index in [1.165, 1.54) is 12.1 Å². The van der Waals surface area contributed by atoms with Gasteiger partial charge in [0.05, 0.1) is 17.3 Å². The zero-order valence-corrected chi connectivity index (χ0v) is 24.7. The van der Waals surface area contributed by atoms with E-state index in [2.05, 4.69) is 45.9 Å². The maximum absolute atomic E-state index is 13.7. The zero-order valence-electron chi connectivity index (χ0n) is 23.9. The van der Waals surface area contributed by atoms with Gasteiger partial charge in [0.1, 0.15) is 11.6 Å². The van der Waals surface area contributed by atoms with Gasteiger partial charge in [-0.3, -0.25) is 15.1 Å². The largest absolute Gasteiger partial charge is 0.340 e. The van der Waals surface area contributed by atoms with Crippen molar-refractivity contribution < 1.29 is 12.8 Å². The van der Waals surface area contributed by atoms with E-state index < -0.39 is 10.0 Å². The van der Waals surface area contributed by atoms with Crippen LogP contribution in [0.2, 0.25) is 0 Å². The van der Waals surface area contributed by atoms with Crippen molar-refractivity contribution in [3.8, 4) is 0 Å². The predicted molar refractivity (Wildman–Crippen MR) is 164 cm³/mol. The third-order valence-corrected chi connectivity index (χ3v) is 9.32. The second-order valence-corrected chi connectivity index (χ2v) is 12.7. The molecule has 1 saturated heterocycles. The number of hydrogen-bond donors (Lipinski definition) is 4. The summed E-state index contributed by atoms with van der Waals surface area (Å²) >= 11 is 0. The van der Waals surface area contributed by atoms with Crippen molar-refractivity contribution in [3.63, 3.8) is 0 Å². The van der Waals surface area contributed by atoms with Crippen molar-refractivity contribution in [2.24, 2.45) is 5.92 Å². The van der Waals surface area contributed by atoms with Crippen LogP contribution < -0.4 is 10.6 Å². The first-order valence-electron chi connectivity index (χ1n) is 14.3. The van der Waals surface area contributed by atoms with Crippen molar-refractivity contribution in [1.82, 2.24) is 39.6 Å². The normalized spacial score (nSPS) is 15.8. The molecule has 1 unspecified atom stereocenters. The average molecular weight is 617 g/mol. The second kappa shape index (κ2) is 13.3. The van der Waals surface area contributed by atoms with Crippen molar-refractivity contribution in [1.29, 1.82) is 0 Å². The van der Waals surface area contributed by atoms with Gasteiger partial charge in [0.2, 0.25) is 16.0 Å². The quantitative estimate of drug-likeness (QED) is 0.157. The first-order valence-corrected chi connectivity index (χ1v) is 15.8. The molecule has 4 N–H and O–H groups in total. The molecular formula is C30H33FN10O2S. The lowest BCUT2D eigenvalue weighted by Gasteiger charge is -2.35. The van der Waals surface area contributed by atoms with E-state index in [1.54, 1.807) is 53.0 Å². The van der Waals surface area contributed by atoms with Gasteiger partial charge >= 0.3 is 0 Å². The van der Waals surface area contributed by atoms with Crippen LogP contribution >= 0.6 is 0 Å². The Labute approximate surface area is 254 Å². The van der Waals surface area contributed by atoms with E-state index in [-0.39, 0.29) is 16.6 Å². The Morgan fingerprint density at radius 2 is 1.57 bits per heavy atom. The number of hydrogen-bond acceptors (Lipinski definition) is 9. The molecule has 0 aliphatic carbocycles. The van der Waals surface area contributed by atoms with Crippen LogP contribution in [0.5, 0.6) is 0 Å². The Hall–Kier alpha value is -4.66. The smallest absolute Gasteiger partial charge is 0.243 e. The maximum atomic E-state index is 13.7. The van der Waals surface area contributed by atoms with Crippen LogP contribution in [0.1, 0.15) is 24.0 Å². The van der Waals surface area contributed by atoms with Gasteiger partial charge in [-0.25, -0.2) is 17.8 Å². The number of H-pyrrole nitrogens is 2. The predicted octanol–water partition coefficient (Wildman–Crippen LogP) is 4.65. The third-order valence-electron chi connectivity index (χ3n) is 7.44. The number of nitrogens with one attached hydrogen (secondary N) is 4. The fourth-order valence-electron chi connectivity index (χ4n) is 5.35. The van der Waals surface area contributed by atoms with E-state index in [0.29, 0.717) is 49.3 Å². The van der Waals surface area contributed by atoms with Crippen molar-refractivity contribution in [3.05, 3.63) is 103 Å². The highest BCUT2D eigenvalue weighted by Crippen LogP contribution is 2.27. The molecule has 0 spiro atoms. The van der Waals surface area contributed by atoms with Crippen LogP contribution in [0.3, 0.4) is 0 Å². The van der Waals surface area contributed by atoms with E-state index in [4.69, 9.17) is 0 Å². The summed E-state index contributed by atoms with van der Waals surface area (Å²) in [6.07, 6.45) is 10.7. The van der Waals surface area contributed by atoms with E-state index >= 15 is 0 Å². The Morgan fingerprint density at radius 3 is 2.23 bits per heavy atom. The van der Waals surface area contributed by atoms with Gasteiger partial charge in [-0.1, -0.05) is 0 Å². The number of nitrogens with zero attached hydrogens (tertiary/aromatic N) is 6. The molecule has 0 amide bonds. The summed E-state index contributed by atoms with van der Waals surface area (Å²) < 4.78 is 42.1. The molecule has 1 fully saturated rings. The molecule has 5 aromatic rings. The average Bonchev–Trinajstić information content (AvgIpc) is 3.74. The monoisotopic (exact) mass is 616 g/mol. The molecule has 1 atom stereocenters. The molecule has 12 nitrogen and oxygen atoms in total. The molecule has 0 bridgehead atoms. The van der Waals surface area contributed by atoms with Gasteiger partial charge < -0.3 is 10.6 Å². The highest BCUT2D eigenvalue weighted by molar-refractivity contribution is 7.89.